The van der Waals surface area contributed by atoms with Gasteiger partial charge in [0.25, 0.3) is 5.56 Å². The van der Waals surface area contributed by atoms with Gasteiger partial charge in [-0.05, 0) is 26.0 Å². The van der Waals surface area contributed by atoms with E-state index >= 15 is 4.39 Å². The summed E-state index contributed by atoms with van der Waals surface area (Å²) >= 11 is 0. The van der Waals surface area contributed by atoms with Gasteiger partial charge in [-0.3, -0.25) is 14.3 Å². The van der Waals surface area contributed by atoms with Gasteiger partial charge in [0.15, 0.2) is 5.67 Å². The molecule has 3 rings (SSSR count). The van der Waals surface area contributed by atoms with Gasteiger partial charge < -0.3 is 4.74 Å². The van der Waals surface area contributed by atoms with Crippen LogP contribution in [0.1, 0.15) is 29.3 Å². The smallest absolute Gasteiger partial charge is 0.374 e. The monoisotopic (exact) mass is 442 g/mol. The first-order valence-electron chi connectivity index (χ1n) is 9.19. The highest BCUT2D eigenvalue weighted by Gasteiger charge is 2.41. The van der Waals surface area contributed by atoms with E-state index in [1.807, 2.05) is 4.98 Å². The summed E-state index contributed by atoms with van der Waals surface area (Å²) in [7, 11) is 1.28. The molecule has 1 aliphatic rings. The molecule has 1 aromatic carbocycles. The first-order valence-corrected chi connectivity index (χ1v) is 9.19. The fraction of sp³-hybridized carbons (Fsp3) is 0.333. The average Bonchev–Trinajstić information content (AvgIpc) is 2.66. The van der Waals surface area contributed by atoms with Crippen molar-refractivity contribution in [2.24, 2.45) is 0 Å². The summed E-state index contributed by atoms with van der Waals surface area (Å²) in [6.45, 7) is 1.66. The predicted molar refractivity (Wildman–Crippen MR) is 104 cm³/mol. The SMILES string of the molecule is COC1C=CC=C(c2c(C)n(Cc3c(F)cccc3C(F)(F)F)c(=O)[nH]c2=O)C1(C)F. The molecule has 5 nitrogen and oxygen atoms in total. The van der Waals surface area contributed by atoms with E-state index in [-0.39, 0.29) is 16.8 Å². The molecule has 1 aromatic heterocycles. The van der Waals surface area contributed by atoms with Crippen LogP contribution in [0.4, 0.5) is 22.0 Å². The molecule has 166 valence electrons. The zero-order valence-corrected chi connectivity index (χ0v) is 16.8. The van der Waals surface area contributed by atoms with Crippen molar-refractivity contribution in [1.82, 2.24) is 9.55 Å². The minimum atomic E-state index is -4.86. The molecule has 2 aromatic rings. The van der Waals surface area contributed by atoms with Crippen molar-refractivity contribution < 1.29 is 26.7 Å². The molecule has 2 unspecified atom stereocenters. The maximum Gasteiger partial charge on any atom is 0.416 e. The fourth-order valence-electron chi connectivity index (χ4n) is 3.71. The summed E-state index contributed by atoms with van der Waals surface area (Å²) in [5.41, 5.74) is -6.60. The second-order valence-electron chi connectivity index (χ2n) is 7.27. The van der Waals surface area contributed by atoms with Gasteiger partial charge in [0.05, 0.1) is 17.7 Å². The summed E-state index contributed by atoms with van der Waals surface area (Å²) in [5, 5.41) is 0. The summed E-state index contributed by atoms with van der Waals surface area (Å²) in [5.74, 6) is -1.16. The zero-order valence-electron chi connectivity index (χ0n) is 16.8. The largest absolute Gasteiger partial charge is 0.416 e. The molecular weight excluding hydrogens is 423 g/mol. The number of ether oxygens (including phenoxy) is 1. The number of hydrogen-bond acceptors (Lipinski definition) is 3. The normalized spacial score (nSPS) is 21.3. The van der Waals surface area contributed by atoms with Gasteiger partial charge in [0.2, 0.25) is 0 Å². The maximum atomic E-state index is 15.5. The lowest BCUT2D eigenvalue weighted by Gasteiger charge is -2.32. The van der Waals surface area contributed by atoms with Crippen LogP contribution in [0, 0.1) is 12.7 Å². The third kappa shape index (κ3) is 3.99. The molecule has 31 heavy (non-hydrogen) atoms. The number of nitrogens with one attached hydrogen (secondary N) is 1. The predicted octanol–water partition coefficient (Wildman–Crippen LogP) is 3.75. The Bertz CT molecular complexity index is 1190. The van der Waals surface area contributed by atoms with Crippen molar-refractivity contribution in [1.29, 1.82) is 0 Å². The molecule has 1 aliphatic carbocycles. The van der Waals surface area contributed by atoms with E-state index in [0.29, 0.717) is 6.07 Å². The van der Waals surface area contributed by atoms with Gasteiger partial charge in [-0.15, -0.1) is 0 Å². The Hall–Kier alpha value is -3.01. The number of benzene rings is 1. The molecular formula is C21H19F5N2O3. The summed E-state index contributed by atoms with van der Waals surface area (Å²) in [6, 6.07) is 2.45. The van der Waals surface area contributed by atoms with Gasteiger partial charge in [-0.1, -0.05) is 24.3 Å². The Labute approximate surface area is 173 Å². The van der Waals surface area contributed by atoms with Crippen molar-refractivity contribution in [3.63, 3.8) is 0 Å². The van der Waals surface area contributed by atoms with E-state index in [9.17, 15) is 27.2 Å². The van der Waals surface area contributed by atoms with Crippen molar-refractivity contribution >= 4 is 5.57 Å². The standard InChI is InChI=1S/C21H19F5N2O3/c1-11-17(14-7-5-9-16(31-3)20(14,2)23)18(29)27-19(30)28(11)10-12-13(21(24,25)26)6-4-8-15(12)22/h4-9,16H,10H2,1-3H3,(H,27,29,30). The third-order valence-corrected chi connectivity index (χ3v) is 5.33. The van der Waals surface area contributed by atoms with Crippen LogP contribution in [0.15, 0.2) is 46.0 Å². The van der Waals surface area contributed by atoms with Gasteiger partial charge in [0, 0.05) is 23.9 Å². The van der Waals surface area contributed by atoms with Crippen LogP contribution in [0.25, 0.3) is 5.57 Å². The van der Waals surface area contributed by atoms with E-state index < -0.39 is 52.7 Å². The van der Waals surface area contributed by atoms with Crippen LogP contribution in [0.2, 0.25) is 0 Å². The summed E-state index contributed by atoms with van der Waals surface area (Å²) in [6.07, 6.45) is -1.66. The fourth-order valence-corrected chi connectivity index (χ4v) is 3.71. The number of alkyl halides is 4. The number of hydrogen-bond donors (Lipinski definition) is 1. The number of aromatic amines is 1. The lowest BCUT2D eigenvalue weighted by Crippen LogP contribution is -2.42. The molecule has 0 spiro atoms. The quantitative estimate of drug-likeness (QED) is 0.734. The van der Waals surface area contributed by atoms with Crippen molar-refractivity contribution in [3.8, 4) is 0 Å². The molecule has 2 atom stereocenters. The van der Waals surface area contributed by atoms with E-state index in [1.54, 1.807) is 0 Å². The highest BCUT2D eigenvalue weighted by molar-refractivity contribution is 5.76. The third-order valence-electron chi connectivity index (χ3n) is 5.33. The van der Waals surface area contributed by atoms with E-state index in [0.717, 1.165) is 16.7 Å². The van der Waals surface area contributed by atoms with E-state index in [2.05, 4.69) is 0 Å². The minimum Gasteiger partial charge on any atom is -0.374 e. The van der Waals surface area contributed by atoms with Crippen LogP contribution < -0.4 is 11.2 Å². The second-order valence-corrected chi connectivity index (χ2v) is 7.27. The Morgan fingerprint density at radius 2 is 1.94 bits per heavy atom. The highest BCUT2D eigenvalue weighted by Crippen LogP contribution is 2.38. The average molecular weight is 442 g/mol. The summed E-state index contributed by atoms with van der Waals surface area (Å²) in [4.78, 5) is 26.9. The first kappa shape index (κ1) is 22.7. The highest BCUT2D eigenvalue weighted by atomic mass is 19.4. The van der Waals surface area contributed by atoms with Crippen molar-refractivity contribution in [2.45, 2.75) is 38.3 Å². The van der Waals surface area contributed by atoms with Crippen LogP contribution in [0.3, 0.4) is 0 Å². The number of H-pyrrole nitrogens is 1. The van der Waals surface area contributed by atoms with Crippen molar-refractivity contribution in [3.05, 3.63) is 85.5 Å². The van der Waals surface area contributed by atoms with Crippen molar-refractivity contribution in [2.75, 3.05) is 7.11 Å². The Morgan fingerprint density at radius 3 is 2.55 bits per heavy atom. The number of methoxy groups -OCH3 is 1. The molecule has 0 fully saturated rings. The molecule has 10 heteroatoms. The van der Waals surface area contributed by atoms with Gasteiger partial charge in [0.1, 0.15) is 11.9 Å². The number of aromatic nitrogens is 2. The molecule has 0 amide bonds. The lowest BCUT2D eigenvalue weighted by atomic mass is 9.83. The molecule has 0 aliphatic heterocycles. The first-order chi connectivity index (χ1) is 14.4. The van der Waals surface area contributed by atoms with Crippen LogP contribution in [-0.2, 0) is 17.5 Å². The molecule has 0 bridgehead atoms. The molecule has 0 radical (unpaired) electrons. The number of nitrogens with zero attached hydrogens (tertiary/aromatic N) is 1. The molecule has 0 saturated carbocycles. The number of halogens is 5. The summed E-state index contributed by atoms with van der Waals surface area (Å²) < 4.78 is 75.7. The lowest BCUT2D eigenvalue weighted by molar-refractivity contribution is -0.138. The van der Waals surface area contributed by atoms with E-state index in [1.165, 1.54) is 39.2 Å². The molecule has 0 saturated heterocycles. The zero-order chi connectivity index (χ0) is 23.1. The number of allylic oxidation sites excluding steroid dienone is 2. The van der Waals surface area contributed by atoms with Crippen LogP contribution in [0.5, 0.6) is 0 Å². The topological polar surface area (TPSA) is 64.1 Å². The Kier molecular flexibility index (Phi) is 5.79. The maximum absolute atomic E-state index is 15.5. The van der Waals surface area contributed by atoms with Gasteiger partial charge in [-0.25, -0.2) is 13.6 Å². The van der Waals surface area contributed by atoms with E-state index in [4.69, 9.17) is 4.74 Å². The molecule has 1 N–H and O–H groups in total. The minimum absolute atomic E-state index is 0.106. The number of rotatable bonds is 4. The van der Waals surface area contributed by atoms with Gasteiger partial charge in [-0.2, -0.15) is 13.2 Å². The molecule has 1 heterocycles. The van der Waals surface area contributed by atoms with Crippen LogP contribution >= 0.6 is 0 Å². The Morgan fingerprint density at radius 1 is 1.26 bits per heavy atom. The van der Waals surface area contributed by atoms with Gasteiger partial charge >= 0.3 is 11.9 Å². The van der Waals surface area contributed by atoms with Crippen LogP contribution in [-0.4, -0.2) is 28.4 Å². The second kappa shape index (κ2) is 7.92. The Balaban J connectivity index is 2.22.